The number of halogens is 1. The van der Waals surface area contributed by atoms with E-state index in [0.29, 0.717) is 0 Å². The number of rotatable bonds is 3. The third-order valence-corrected chi connectivity index (χ3v) is 4.10. The number of hydrogen-bond acceptors (Lipinski definition) is 2. The van der Waals surface area contributed by atoms with Crippen molar-refractivity contribution in [3.8, 4) is 0 Å². The van der Waals surface area contributed by atoms with Gasteiger partial charge in [-0.25, -0.2) is 4.39 Å². The van der Waals surface area contributed by atoms with Crippen LogP contribution < -0.4 is 5.32 Å². The van der Waals surface area contributed by atoms with Gasteiger partial charge in [0.1, 0.15) is 5.82 Å². The molecular weight excluding hydrogens is 209 g/mol. The Bertz CT molecular complexity index is 334. The molecule has 1 aliphatic rings. The zero-order chi connectivity index (χ0) is 10.7. The van der Waals surface area contributed by atoms with Gasteiger partial charge in [-0.3, -0.25) is 0 Å². The molecule has 1 fully saturated rings. The molecule has 2 rings (SSSR count). The zero-order valence-electron chi connectivity index (χ0n) is 8.92. The van der Waals surface area contributed by atoms with Crippen molar-refractivity contribution in [3.05, 3.63) is 29.6 Å². The number of nitrogens with one attached hydrogen (secondary N) is 1. The molecule has 1 aliphatic heterocycles. The van der Waals surface area contributed by atoms with Crippen LogP contribution in [0.2, 0.25) is 0 Å². The van der Waals surface area contributed by atoms with Gasteiger partial charge in [0.2, 0.25) is 0 Å². The molecule has 0 aromatic heterocycles. The lowest BCUT2D eigenvalue weighted by atomic mass is 10.1. The van der Waals surface area contributed by atoms with Gasteiger partial charge < -0.3 is 5.32 Å². The summed E-state index contributed by atoms with van der Waals surface area (Å²) in [6, 6.07) is 5.21. The average Bonchev–Trinajstić information content (AvgIpc) is 2.73. The topological polar surface area (TPSA) is 12.0 Å². The van der Waals surface area contributed by atoms with Crippen LogP contribution in [0.25, 0.3) is 0 Å². The van der Waals surface area contributed by atoms with Gasteiger partial charge in [0, 0.05) is 17.8 Å². The summed E-state index contributed by atoms with van der Waals surface area (Å²) >= 11 is 2.01. The quantitative estimate of drug-likeness (QED) is 0.847. The molecule has 3 heteroatoms. The van der Waals surface area contributed by atoms with Crippen LogP contribution in [0, 0.1) is 18.7 Å². The second-order valence-corrected chi connectivity index (χ2v) is 5.17. The monoisotopic (exact) mass is 225 g/mol. The minimum absolute atomic E-state index is 0.124. The first kappa shape index (κ1) is 10.8. The predicted octanol–water partition coefficient (Wildman–Crippen LogP) is 3.30. The van der Waals surface area contributed by atoms with Gasteiger partial charge in [0.15, 0.2) is 0 Å². The van der Waals surface area contributed by atoms with E-state index in [1.807, 2.05) is 24.8 Å². The van der Waals surface area contributed by atoms with Crippen LogP contribution in [0.3, 0.4) is 0 Å². The summed E-state index contributed by atoms with van der Waals surface area (Å²) in [6.45, 7) is 2.79. The summed E-state index contributed by atoms with van der Waals surface area (Å²) in [4.78, 5) is 0. The molecule has 1 saturated heterocycles. The summed E-state index contributed by atoms with van der Waals surface area (Å²) in [5.41, 5.74) is 1.66. The maximum absolute atomic E-state index is 13.2. The SMILES string of the molecule is Cc1c(F)cccc1NCC1CCSC1. The summed E-state index contributed by atoms with van der Waals surface area (Å²) in [7, 11) is 0. The fourth-order valence-corrected chi connectivity index (χ4v) is 3.08. The Kier molecular flexibility index (Phi) is 3.52. The van der Waals surface area contributed by atoms with Crippen molar-refractivity contribution in [1.29, 1.82) is 0 Å². The molecule has 0 radical (unpaired) electrons. The van der Waals surface area contributed by atoms with Crippen molar-refractivity contribution in [2.45, 2.75) is 13.3 Å². The van der Waals surface area contributed by atoms with Crippen molar-refractivity contribution in [2.75, 3.05) is 23.4 Å². The van der Waals surface area contributed by atoms with E-state index in [1.54, 1.807) is 6.07 Å². The lowest BCUT2D eigenvalue weighted by Crippen LogP contribution is -2.14. The van der Waals surface area contributed by atoms with Crippen LogP contribution in [-0.2, 0) is 0 Å². The Balaban J connectivity index is 1.95. The summed E-state index contributed by atoms with van der Waals surface area (Å²) < 4.78 is 13.2. The predicted molar refractivity (Wildman–Crippen MR) is 65.1 cm³/mol. The first-order chi connectivity index (χ1) is 7.27. The molecule has 0 amide bonds. The molecule has 1 aromatic carbocycles. The summed E-state index contributed by atoms with van der Waals surface area (Å²) in [5, 5.41) is 3.34. The number of thioether (sulfide) groups is 1. The van der Waals surface area contributed by atoms with E-state index >= 15 is 0 Å². The van der Waals surface area contributed by atoms with E-state index < -0.39 is 0 Å². The average molecular weight is 225 g/mol. The number of anilines is 1. The number of hydrogen-bond donors (Lipinski definition) is 1. The normalized spacial score (nSPS) is 20.5. The molecule has 1 nitrogen and oxygen atoms in total. The van der Waals surface area contributed by atoms with Gasteiger partial charge in [-0.05, 0) is 42.9 Å². The molecule has 0 aliphatic carbocycles. The Morgan fingerprint density at radius 3 is 3.13 bits per heavy atom. The molecule has 1 aromatic rings. The standard InChI is InChI=1S/C12H16FNS/c1-9-11(13)3-2-4-12(9)14-7-10-5-6-15-8-10/h2-4,10,14H,5-8H2,1H3. The maximum atomic E-state index is 13.2. The van der Waals surface area contributed by atoms with Crippen molar-refractivity contribution in [3.63, 3.8) is 0 Å². The molecule has 1 heterocycles. The van der Waals surface area contributed by atoms with E-state index in [-0.39, 0.29) is 5.82 Å². The first-order valence-corrected chi connectivity index (χ1v) is 6.49. The fourth-order valence-electron chi connectivity index (χ4n) is 1.80. The second kappa shape index (κ2) is 4.88. The lowest BCUT2D eigenvalue weighted by molar-refractivity contribution is 0.614. The maximum Gasteiger partial charge on any atom is 0.128 e. The molecule has 0 spiro atoms. The summed E-state index contributed by atoms with van der Waals surface area (Å²) in [5.74, 6) is 3.13. The van der Waals surface area contributed by atoms with Gasteiger partial charge in [-0.1, -0.05) is 6.07 Å². The molecule has 1 atom stereocenters. The second-order valence-electron chi connectivity index (χ2n) is 4.02. The van der Waals surface area contributed by atoms with Crippen LogP contribution in [0.1, 0.15) is 12.0 Å². The highest BCUT2D eigenvalue weighted by Gasteiger charge is 2.15. The third kappa shape index (κ3) is 2.65. The van der Waals surface area contributed by atoms with E-state index in [9.17, 15) is 4.39 Å². The Morgan fingerprint density at radius 2 is 2.40 bits per heavy atom. The van der Waals surface area contributed by atoms with Crippen molar-refractivity contribution in [1.82, 2.24) is 0 Å². The van der Waals surface area contributed by atoms with Crippen molar-refractivity contribution in [2.24, 2.45) is 5.92 Å². The van der Waals surface area contributed by atoms with E-state index in [4.69, 9.17) is 0 Å². The minimum Gasteiger partial charge on any atom is -0.384 e. The smallest absolute Gasteiger partial charge is 0.128 e. The molecule has 0 saturated carbocycles. The Labute approximate surface area is 94.5 Å². The van der Waals surface area contributed by atoms with Crippen molar-refractivity contribution >= 4 is 17.4 Å². The molecule has 0 bridgehead atoms. The molecule has 15 heavy (non-hydrogen) atoms. The van der Waals surface area contributed by atoms with Crippen LogP contribution >= 0.6 is 11.8 Å². The van der Waals surface area contributed by atoms with Gasteiger partial charge in [0.05, 0.1) is 0 Å². The van der Waals surface area contributed by atoms with Crippen LogP contribution in [0.4, 0.5) is 10.1 Å². The largest absolute Gasteiger partial charge is 0.384 e. The highest BCUT2D eigenvalue weighted by Crippen LogP contribution is 2.24. The van der Waals surface area contributed by atoms with Crippen LogP contribution in [0.15, 0.2) is 18.2 Å². The van der Waals surface area contributed by atoms with Crippen LogP contribution in [0.5, 0.6) is 0 Å². The fraction of sp³-hybridized carbons (Fsp3) is 0.500. The third-order valence-electron chi connectivity index (χ3n) is 2.87. The van der Waals surface area contributed by atoms with Gasteiger partial charge in [0.25, 0.3) is 0 Å². The molecular formula is C12H16FNS. The van der Waals surface area contributed by atoms with E-state index in [0.717, 1.165) is 23.7 Å². The van der Waals surface area contributed by atoms with E-state index in [1.165, 1.54) is 24.0 Å². The first-order valence-electron chi connectivity index (χ1n) is 5.34. The Hall–Kier alpha value is -0.700. The van der Waals surface area contributed by atoms with E-state index in [2.05, 4.69) is 5.32 Å². The van der Waals surface area contributed by atoms with Gasteiger partial charge in [-0.15, -0.1) is 0 Å². The van der Waals surface area contributed by atoms with Gasteiger partial charge in [-0.2, -0.15) is 11.8 Å². The molecule has 1 unspecified atom stereocenters. The summed E-state index contributed by atoms with van der Waals surface area (Å²) in [6.07, 6.45) is 1.28. The molecule has 82 valence electrons. The van der Waals surface area contributed by atoms with Gasteiger partial charge >= 0.3 is 0 Å². The molecule has 1 N–H and O–H groups in total. The van der Waals surface area contributed by atoms with Crippen LogP contribution in [-0.4, -0.2) is 18.1 Å². The highest BCUT2D eigenvalue weighted by molar-refractivity contribution is 7.99. The lowest BCUT2D eigenvalue weighted by Gasteiger charge is -2.13. The number of benzene rings is 1. The Morgan fingerprint density at radius 1 is 1.53 bits per heavy atom. The highest BCUT2D eigenvalue weighted by atomic mass is 32.2. The van der Waals surface area contributed by atoms with Crippen molar-refractivity contribution < 1.29 is 4.39 Å². The minimum atomic E-state index is -0.124. The zero-order valence-corrected chi connectivity index (χ0v) is 9.74.